The van der Waals surface area contributed by atoms with E-state index >= 15 is 0 Å². The highest BCUT2D eigenvalue weighted by Crippen LogP contribution is 2.37. The van der Waals surface area contributed by atoms with Crippen molar-refractivity contribution in [1.29, 1.82) is 0 Å². The van der Waals surface area contributed by atoms with Crippen molar-refractivity contribution in [2.24, 2.45) is 0 Å². The van der Waals surface area contributed by atoms with E-state index in [1.807, 2.05) is 67.6 Å². The van der Waals surface area contributed by atoms with E-state index in [0.717, 1.165) is 46.0 Å². The number of hydrogen-bond acceptors (Lipinski definition) is 6. The number of rotatable bonds is 2. The summed E-state index contributed by atoms with van der Waals surface area (Å²) in [6.07, 6.45) is 0. The Balaban J connectivity index is 0.000000165. The maximum Gasteiger partial charge on any atom is 0.195 e. The van der Waals surface area contributed by atoms with E-state index in [9.17, 15) is 9.59 Å². The lowest BCUT2D eigenvalue weighted by Crippen LogP contribution is -2.01. The predicted octanol–water partition coefficient (Wildman–Crippen LogP) is 10.8. The second kappa shape index (κ2) is 13.7. The van der Waals surface area contributed by atoms with Crippen LogP contribution in [0.3, 0.4) is 0 Å². The first-order valence-corrected chi connectivity index (χ1v) is 16.4. The molecule has 0 unspecified atom stereocenters. The molecule has 0 aliphatic rings. The first kappa shape index (κ1) is 30.2. The summed E-state index contributed by atoms with van der Waals surface area (Å²) < 4.78 is 3.56. The molecule has 4 aromatic carbocycles. The van der Waals surface area contributed by atoms with E-state index in [0.29, 0.717) is 25.8 Å². The summed E-state index contributed by atoms with van der Waals surface area (Å²) >= 11 is 27.1. The Morgan fingerprint density at radius 2 is 1.13 bits per heavy atom. The van der Waals surface area contributed by atoms with Crippen molar-refractivity contribution in [3.63, 3.8) is 0 Å². The van der Waals surface area contributed by atoms with Crippen molar-refractivity contribution >= 4 is 122 Å². The molecule has 0 saturated carbocycles. The van der Waals surface area contributed by atoms with Crippen LogP contribution >= 0.6 is 81.9 Å². The Bertz CT molecular complexity index is 1920. The lowest BCUT2D eigenvalue weighted by molar-refractivity contribution is 1.46. The zero-order valence-corrected chi connectivity index (χ0v) is 26.6. The van der Waals surface area contributed by atoms with Gasteiger partial charge in [-0.05, 0) is 60.0 Å². The first-order chi connectivity index (χ1) is 18.8. The third-order valence-electron chi connectivity index (χ3n) is 5.59. The van der Waals surface area contributed by atoms with Crippen LogP contribution in [-0.2, 0) is 0 Å². The van der Waals surface area contributed by atoms with Gasteiger partial charge in [0.15, 0.2) is 10.9 Å². The molecule has 2 heterocycles. The van der Waals surface area contributed by atoms with Crippen LogP contribution in [0.15, 0.2) is 87.3 Å². The number of hydrogen-bond donors (Lipinski definition) is 1. The molecule has 200 valence electrons. The SMILES string of the molecule is CCS.CCSc1ccc2c(=O)c3ccccc3sc2c1Cl.O=c1c2ccccc2sc2c(Cl)c(Cl)ccc12. The fourth-order valence-corrected chi connectivity index (χ4v) is 7.81. The van der Waals surface area contributed by atoms with Crippen LogP contribution in [0.2, 0.25) is 15.1 Å². The van der Waals surface area contributed by atoms with Gasteiger partial charge < -0.3 is 0 Å². The van der Waals surface area contributed by atoms with Gasteiger partial charge >= 0.3 is 0 Å². The molecule has 0 amide bonds. The number of halogens is 3. The van der Waals surface area contributed by atoms with Crippen LogP contribution in [0.1, 0.15) is 13.8 Å². The smallest absolute Gasteiger partial charge is 0.195 e. The van der Waals surface area contributed by atoms with E-state index < -0.39 is 0 Å². The summed E-state index contributed by atoms with van der Waals surface area (Å²) in [7, 11) is 0. The second-order valence-electron chi connectivity index (χ2n) is 8.10. The quantitative estimate of drug-likeness (QED) is 0.115. The highest BCUT2D eigenvalue weighted by molar-refractivity contribution is 7.99. The van der Waals surface area contributed by atoms with Crippen molar-refractivity contribution in [2.45, 2.75) is 18.7 Å². The van der Waals surface area contributed by atoms with Crippen molar-refractivity contribution in [1.82, 2.24) is 0 Å². The molecule has 0 spiro atoms. The molecule has 9 heteroatoms. The summed E-state index contributed by atoms with van der Waals surface area (Å²) in [6, 6.07) is 22.4. The van der Waals surface area contributed by atoms with Crippen molar-refractivity contribution < 1.29 is 0 Å². The third-order valence-corrected chi connectivity index (χ3v) is 10.5. The van der Waals surface area contributed by atoms with Crippen molar-refractivity contribution in [3.05, 3.63) is 108 Å². The zero-order valence-electron chi connectivity index (χ0n) is 21.0. The Morgan fingerprint density at radius 3 is 1.64 bits per heavy atom. The van der Waals surface area contributed by atoms with Gasteiger partial charge in [0.05, 0.1) is 24.5 Å². The summed E-state index contributed by atoms with van der Waals surface area (Å²) in [5.41, 5.74) is 0.0761. The summed E-state index contributed by atoms with van der Waals surface area (Å²) in [5, 5.41) is 4.48. The van der Waals surface area contributed by atoms with Gasteiger partial charge in [-0.15, -0.1) is 34.4 Å². The number of thioether (sulfide) groups is 1. The van der Waals surface area contributed by atoms with Crippen LogP contribution in [0.25, 0.3) is 40.3 Å². The van der Waals surface area contributed by atoms with Gasteiger partial charge in [-0.3, -0.25) is 9.59 Å². The first-order valence-electron chi connectivity index (χ1n) is 12.0. The van der Waals surface area contributed by atoms with E-state index in [1.54, 1.807) is 35.2 Å². The van der Waals surface area contributed by atoms with Gasteiger partial charge in [-0.2, -0.15) is 12.6 Å². The maximum absolute atomic E-state index is 12.5. The molecule has 2 aromatic heterocycles. The van der Waals surface area contributed by atoms with Gasteiger partial charge in [0, 0.05) is 35.8 Å². The molecule has 0 saturated heterocycles. The molecule has 0 radical (unpaired) electrons. The molecular formula is C30H23Cl3O2S4. The predicted molar refractivity (Wildman–Crippen MR) is 182 cm³/mol. The van der Waals surface area contributed by atoms with E-state index in [-0.39, 0.29) is 10.9 Å². The van der Waals surface area contributed by atoms with E-state index in [4.69, 9.17) is 34.8 Å². The Morgan fingerprint density at radius 1 is 0.667 bits per heavy atom. The number of fused-ring (bicyclic) bond motifs is 4. The molecule has 39 heavy (non-hydrogen) atoms. The molecule has 0 bridgehead atoms. The van der Waals surface area contributed by atoms with E-state index in [2.05, 4.69) is 19.6 Å². The van der Waals surface area contributed by atoms with Crippen molar-refractivity contribution in [2.75, 3.05) is 11.5 Å². The monoisotopic (exact) mass is 648 g/mol. The highest BCUT2D eigenvalue weighted by Gasteiger charge is 2.12. The molecule has 0 fully saturated rings. The maximum atomic E-state index is 12.5. The molecule has 0 aliphatic carbocycles. The molecule has 6 rings (SSSR count). The standard InChI is InChI=1S/C15H11ClOS2.C13H6Cl2OS.C2H6S/c1-2-18-12-8-7-10-14(17)9-5-3-4-6-11(9)19-15(10)13(12)16;14-9-6-5-8-12(16)7-3-1-2-4-10(7)17-13(8)11(9)15;1-2-3/h3-8H,2H2,1H3;1-6H;3H,2H2,1H3. The lowest BCUT2D eigenvalue weighted by atomic mass is 10.2. The number of benzene rings is 4. The second-order valence-corrected chi connectivity index (χ2v) is 13.3. The minimum absolute atomic E-state index is 0.00733. The Hall–Kier alpha value is -1.77. The Labute approximate surface area is 258 Å². The van der Waals surface area contributed by atoms with Gasteiger partial charge in [0.2, 0.25) is 0 Å². The lowest BCUT2D eigenvalue weighted by Gasteiger charge is -2.06. The normalized spacial score (nSPS) is 10.8. The van der Waals surface area contributed by atoms with Crippen LogP contribution in [0.5, 0.6) is 0 Å². The van der Waals surface area contributed by atoms with Gasteiger partial charge in [0.25, 0.3) is 0 Å². The average Bonchev–Trinajstić information content (AvgIpc) is 2.94. The minimum atomic E-state index is 0.00733. The van der Waals surface area contributed by atoms with Crippen LogP contribution < -0.4 is 10.9 Å². The van der Waals surface area contributed by atoms with Crippen molar-refractivity contribution in [3.8, 4) is 0 Å². The zero-order chi connectivity index (χ0) is 28.1. The largest absolute Gasteiger partial charge is 0.289 e. The van der Waals surface area contributed by atoms with E-state index in [1.165, 1.54) is 11.3 Å². The summed E-state index contributed by atoms with van der Waals surface area (Å²) in [6.45, 7) is 4.08. The van der Waals surface area contributed by atoms with Gasteiger partial charge in [0.1, 0.15) is 0 Å². The fourth-order valence-electron chi connectivity index (χ4n) is 3.89. The van der Waals surface area contributed by atoms with Gasteiger partial charge in [-0.25, -0.2) is 0 Å². The molecule has 0 atom stereocenters. The topological polar surface area (TPSA) is 34.1 Å². The average molecular weight is 650 g/mol. The summed E-state index contributed by atoms with van der Waals surface area (Å²) in [4.78, 5) is 25.8. The van der Waals surface area contributed by atoms with Crippen LogP contribution in [0, 0.1) is 0 Å². The minimum Gasteiger partial charge on any atom is -0.289 e. The highest BCUT2D eigenvalue weighted by atomic mass is 35.5. The summed E-state index contributed by atoms with van der Waals surface area (Å²) in [5.74, 6) is 1.91. The molecular weight excluding hydrogens is 627 g/mol. The van der Waals surface area contributed by atoms with Crippen LogP contribution in [0.4, 0.5) is 0 Å². The molecule has 0 aliphatic heterocycles. The fraction of sp³-hybridized carbons (Fsp3) is 0.133. The third kappa shape index (κ3) is 6.43. The molecule has 0 N–H and O–H groups in total. The molecule has 2 nitrogen and oxygen atoms in total. The number of thiol groups is 1. The molecule has 6 aromatic rings. The van der Waals surface area contributed by atoms with Crippen LogP contribution in [-0.4, -0.2) is 11.5 Å². The Kier molecular flexibility index (Phi) is 10.6. The van der Waals surface area contributed by atoms with Gasteiger partial charge in [-0.1, -0.05) is 72.9 Å².